The van der Waals surface area contributed by atoms with Gasteiger partial charge in [0, 0.05) is 0 Å². The molecule has 0 atom stereocenters. The molecule has 0 saturated heterocycles. The van der Waals surface area contributed by atoms with Gasteiger partial charge in [0.05, 0.1) is 0 Å². The van der Waals surface area contributed by atoms with Crippen LogP contribution < -0.4 is 15.2 Å². The molecule has 4 rings (SSSR count). The number of ether oxygens (including phenoxy) is 2. The normalized spacial score (nSPS) is 11.4. The van der Waals surface area contributed by atoms with Gasteiger partial charge in [-0.2, -0.15) is 0 Å². The van der Waals surface area contributed by atoms with Gasteiger partial charge in [-0.15, -0.1) is 0 Å². The van der Waals surface area contributed by atoms with Crippen molar-refractivity contribution in [2.45, 2.75) is 13.8 Å². The van der Waals surface area contributed by atoms with Crippen LogP contribution in [-0.4, -0.2) is 35.0 Å². The van der Waals surface area contributed by atoms with Crippen LogP contribution in [-0.2, 0) is 0 Å². The van der Waals surface area contributed by atoms with Crippen molar-refractivity contribution < 1.29 is 26.7 Å². The molecule has 198 valence electrons. The Kier molecular flexibility index (Phi) is 10.6. The van der Waals surface area contributed by atoms with Crippen LogP contribution in [0.15, 0.2) is 91.0 Å². The van der Waals surface area contributed by atoms with Gasteiger partial charge in [0.15, 0.2) is 0 Å². The second-order valence-corrected chi connectivity index (χ2v) is 10.3. The summed E-state index contributed by atoms with van der Waals surface area (Å²) in [6.07, 6.45) is 2.10. The monoisotopic (exact) mass is 589 g/mol. The predicted molar refractivity (Wildman–Crippen MR) is 150 cm³/mol. The molecule has 3 aromatic carbocycles. The summed E-state index contributed by atoms with van der Waals surface area (Å²) >= 11 is 0.137. The summed E-state index contributed by atoms with van der Waals surface area (Å²) in [4.78, 5) is 0. The number of benzene rings is 3. The molecule has 0 aliphatic heterocycles. The van der Waals surface area contributed by atoms with Crippen molar-refractivity contribution in [1.82, 2.24) is 0 Å². The van der Waals surface area contributed by atoms with Crippen molar-refractivity contribution in [2.75, 3.05) is 13.2 Å². The fourth-order valence-electron chi connectivity index (χ4n) is 3.60. The molecular weight excluding hydrogens is 560 g/mol. The molecule has 0 aliphatic rings. The van der Waals surface area contributed by atoms with Crippen molar-refractivity contribution >= 4 is 33.5 Å². The number of nitrogens with two attached hydrogens (primary N) is 1. The van der Waals surface area contributed by atoms with Crippen LogP contribution in [0.3, 0.4) is 0 Å². The molecule has 4 aromatic rings. The molecule has 0 amide bonds. The second-order valence-electron chi connectivity index (χ2n) is 7.97. The Balaban J connectivity index is 0.000000732. The summed E-state index contributed by atoms with van der Waals surface area (Å²) in [5, 5.41) is 0. The van der Waals surface area contributed by atoms with E-state index in [1.807, 2.05) is 38.1 Å². The van der Waals surface area contributed by atoms with Crippen LogP contribution in [0.1, 0.15) is 23.8 Å². The molecule has 0 unspecified atom stereocenters. The minimum atomic E-state index is -6.00. The summed E-state index contributed by atoms with van der Waals surface area (Å²) in [6, 6.07) is 31.5. The summed E-state index contributed by atoms with van der Waals surface area (Å²) < 4.78 is 53.1. The quantitative estimate of drug-likeness (QED) is 0.168. The van der Waals surface area contributed by atoms with E-state index in [1.165, 1.54) is 25.6 Å². The average molecular weight is 588 g/mol. The SMILES string of the molecule is CCOc1ccc(C(N)=Cc2cc(-c3ccccc3)cc(-c3ccccc3)[se+]2)cc1OCC.F[B-](F)(F)F. The third-order valence-corrected chi connectivity index (χ3v) is 7.34. The van der Waals surface area contributed by atoms with E-state index in [4.69, 9.17) is 15.2 Å². The fourth-order valence-corrected chi connectivity index (χ4v) is 5.84. The second kappa shape index (κ2) is 13.8. The third kappa shape index (κ3) is 9.08. The first-order valence-corrected chi connectivity index (χ1v) is 13.7. The molecule has 0 saturated carbocycles. The van der Waals surface area contributed by atoms with Gasteiger partial charge in [0.2, 0.25) is 0 Å². The largest absolute Gasteiger partial charge is 0.673 e. The molecular formula is C29H28BF4NO2Se. The van der Waals surface area contributed by atoms with Crippen molar-refractivity contribution in [3.05, 3.63) is 101 Å². The number of rotatable bonds is 8. The Morgan fingerprint density at radius 1 is 0.737 bits per heavy atom. The summed E-state index contributed by atoms with van der Waals surface area (Å²) in [7, 11) is -6.00. The number of hydrogen-bond donors (Lipinski definition) is 1. The van der Waals surface area contributed by atoms with E-state index >= 15 is 0 Å². The van der Waals surface area contributed by atoms with E-state index in [9.17, 15) is 17.3 Å². The zero-order valence-electron chi connectivity index (χ0n) is 21.0. The van der Waals surface area contributed by atoms with Crippen LogP contribution in [0.5, 0.6) is 11.5 Å². The maximum absolute atomic E-state index is 9.75. The topological polar surface area (TPSA) is 44.5 Å². The third-order valence-electron chi connectivity index (χ3n) is 5.15. The van der Waals surface area contributed by atoms with Gasteiger partial charge in [0.1, 0.15) is 0 Å². The average Bonchev–Trinajstić information content (AvgIpc) is 2.90. The molecule has 3 nitrogen and oxygen atoms in total. The maximum Gasteiger partial charge on any atom is 0.673 e. The smallest absolute Gasteiger partial charge is 0.418 e. The first kappa shape index (κ1) is 29.0. The van der Waals surface area contributed by atoms with E-state index < -0.39 is 7.25 Å². The van der Waals surface area contributed by atoms with Crippen LogP contribution in [0.2, 0.25) is 0 Å². The Morgan fingerprint density at radius 2 is 1.29 bits per heavy atom. The van der Waals surface area contributed by atoms with E-state index in [1.54, 1.807) is 0 Å². The molecule has 0 aliphatic carbocycles. The molecule has 9 heteroatoms. The molecule has 0 fully saturated rings. The zero-order chi connectivity index (χ0) is 27.5. The number of hydrogen-bond acceptors (Lipinski definition) is 3. The van der Waals surface area contributed by atoms with Crippen LogP contribution in [0, 0.1) is 0 Å². The van der Waals surface area contributed by atoms with Gasteiger partial charge >= 0.3 is 209 Å². The molecule has 0 spiro atoms. The minimum Gasteiger partial charge on any atom is -0.418 e. The van der Waals surface area contributed by atoms with E-state index in [-0.39, 0.29) is 14.5 Å². The fraction of sp³-hybridized carbons (Fsp3) is 0.138. The van der Waals surface area contributed by atoms with Gasteiger partial charge in [-0.1, -0.05) is 0 Å². The standard InChI is InChI=1S/C29H28NO2Se.BF4/c1-3-31-27-16-15-23(18-28(27)32-4-2)26(30)20-25-17-24(21-11-7-5-8-12-21)19-29(33-25)22-13-9-6-10-14-22;2-1(3,4)5/h5-20H,3-4,30H2,1-2H3;/q+1;-1. The minimum absolute atomic E-state index is 0.137. The Bertz CT molecular complexity index is 1290. The van der Waals surface area contributed by atoms with E-state index in [0.29, 0.717) is 18.9 Å². The zero-order valence-corrected chi connectivity index (χ0v) is 22.8. The Hall–Kier alpha value is -3.55. The van der Waals surface area contributed by atoms with Gasteiger partial charge < -0.3 is 17.3 Å². The molecule has 0 bridgehead atoms. The van der Waals surface area contributed by atoms with Gasteiger partial charge in [-0.25, -0.2) is 0 Å². The summed E-state index contributed by atoms with van der Waals surface area (Å²) in [5.74, 6) is 1.46. The molecule has 2 N–H and O–H groups in total. The first-order chi connectivity index (χ1) is 18.2. The predicted octanol–water partition coefficient (Wildman–Crippen LogP) is 7.91. The van der Waals surface area contributed by atoms with Crippen molar-refractivity contribution in [3.8, 4) is 32.6 Å². The van der Waals surface area contributed by atoms with Crippen molar-refractivity contribution in [2.24, 2.45) is 5.73 Å². The molecule has 1 heterocycles. The molecule has 38 heavy (non-hydrogen) atoms. The Labute approximate surface area is 226 Å². The first-order valence-electron chi connectivity index (χ1n) is 12.0. The Morgan fingerprint density at radius 3 is 1.87 bits per heavy atom. The van der Waals surface area contributed by atoms with E-state index in [2.05, 4.69) is 72.8 Å². The van der Waals surface area contributed by atoms with Gasteiger partial charge in [-0.05, 0) is 0 Å². The van der Waals surface area contributed by atoms with Crippen LogP contribution in [0.25, 0.3) is 32.9 Å². The summed E-state index contributed by atoms with van der Waals surface area (Å²) in [6.45, 7) is 5.10. The van der Waals surface area contributed by atoms with Gasteiger partial charge in [0.25, 0.3) is 0 Å². The van der Waals surface area contributed by atoms with Crippen molar-refractivity contribution in [1.29, 1.82) is 0 Å². The maximum atomic E-state index is 9.75. The molecule has 0 radical (unpaired) electrons. The van der Waals surface area contributed by atoms with E-state index in [0.717, 1.165) is 17.1 Å². The molecule has 1 aromatic heterocycles. The van der Waals surface area contributed by atoms with Crippen LogP contribution in [0.4, 0.5) is 17.3 Å². The van der Waals surface area contributed by atoms with Crippen molar-refractivity contribution in [3.63, 3.8) is 0 Å². The van der Waals surface area contributed by atoms with Crippen LogP contribution >= 0.6 is 0 Å². The summed E-state index contributed by atoms with van der Waals surface area (Å²) in [5.41, 5.74) is 11.9. The number of halogens is 4. The van der Waals surface area contributed by atoms with Gasteiger partial charge in [-0.3, -0.25) is 0 Å².